The van der Waals surface area contributed by atoms with Gasteiger partial charge in [0.25, 0.3) is 0 Å². The summed E-state index contributed by atoms with van der Waals surface area (Å²) in [4.78, 5) is 11.7. The first-order valence-electron chi connectivity index (χ1n) is 4.59. The third kappa shape index (κ3) is 3.22. The Morgan fingerprint density at radius 1 is 1.25 bits per heavy atom. The summed E-state index contributed by atoms with van der Waals surface area (Å²) in [6.45, 7) is 0. The molecular weight excluding hydrogens is 340 g/mol. The maximum absolute atomic E-state index is 11.9. The number of benzene rings is 1. The number of ketones is 1. The molecule has 0 bridgehead atoms. The zero-order valence-corrected chi connectivity index (χ0v) is 12.2. The summed E-state index contributed by atoms with van der Waals surface area (Å²) < 4.78 is 10.2. The molecule has 1 aromatic carbocycles. The Balaban J connectivity index is 3.07. The Morgan fingerprint density at radius 3 is 2.12 bits per heavy atom. The maximum Gasteiger partial charge on any atom is 0.177 e. The number of halogens is 2. The molecule has 0 radical (unpaired) electrons. The molecule has 16 heavy (non-hydrogen) atoms. The summed E-state index contributed by atoms with van der Waals surface area (Å²) >= 11 is 6.55. The topological polar surface area (TPSA) is 35.5 Å². The molecule has 88 valence electrons. The zero-order valence-electron chi connectivity index (χ0n) is 9.00. The summed E-state index contributed by atoms with van der Waals surface area (Å²) in [5.41, 5.74) is 0.567. The highest BCUT2D eigenvalue weighted by molar-refractivity contribution is 9.12. The smallest absolute Gasteiger partial charge is 0.177 e. The van der Waals surface area contributed by atoms with Gasteiger partial charge in [0, 0.05) is 17.0 Å². The standard InChI is InChI=1S/C11H12Br2O3/c1-15-8-3-7(4-9(5-8)16-2)11(14)10(13)6-12/h3-5,10H,6H2,1-2H3. The van der Waals surface area contributed by atoms with Crippen molar-refractivity contribution < 1.29 is 14.3 Å². The molecule has 0 aromatic heterocycles. The first-order chi connectivity index (χ1) is 7.62. The van der Waals surface area contributed by atoms with Crippen molar-refractivity contribution in [1.29, 1.82) is 0 Å². The lowest BCUT2D eigenvalue weighted by atomic mass is 10.1. The highest BCUT2D eigenvalue weighted by atomic mass is 79.9. The van der Waals surface area contributed by atoms with Gasteiger partial charge in [0.05, 0.1) is 19.0 Å². The monoisotopic (exact) mass is 350 g/mol. The highest BCUT2D eigenvalue weighted by Gasteiger charge is 2.17. The van der Waals surface area contributed by atoms with Crippen LogP contribution in [0.4, 0.5) is 0 Å². The van der Waals surface area contributed by atoms with Crippen LogP contribution >= 0.6 is 31.9 Å². The average molecular weight is 352 g/mol. The minimum atomic E-state index is -0.246. The van der Waals surface area contributed by atoms with Crippen molar-refractivity contribution >= 4 is 37.6 Å². The number of methoxy groups -OCH3 is 2. The molecule has 0 spiro atoms. The van der Waals surface area contributed by atoms with E-state index in [1.165, 1.54) is 0 Å². The van der Waals surface area contributed by atoms with Crippen LogP contribution in [0.25, 0.3) is 0 Å². The van der Waals surface area contributed by atoms with E-state index >= 15 is 0 Å². The normalized spacial score (nSPS) is 12.0. The van der Waals surface area contributed by atoms with E-state index in [0.717, 1.165) is 0 Å². The van der Waals surface area contributed by atoms with Crippen molar-refractivity contribution in [3.63, 3.8) is 0 Å². The van der Waals surface area contributed by atoms with E-state index in [4.69, 9.17) is 9.47 Å². The number of carbonyl (C=O) groups is 1. The molecule has 0 saturated carbocycles. The van der Waals surface area contributed by atoms with Crippen LogP contribution < -0.4 is 9.47 Å². The van der Waals surface area contributed by atoms with Gasteiger partial charge < -0.3 is 9.47 Å². The van der Waals surface area contributed by atoms with Gasteiger partial charge in [-0.3, -0.25) is 4.79 Å². The number of rotatable bonds is 5. The summed E-state index contributed by atoms with van der Waals surface area (Å²) in [6.07, 6.45) is 0. The van der Waals surface area contributed by atoms with Crippen molar-refractivity contribution in [2.45, 2.75) is 4.83 Å². The summed E-state index contributed by atoms with van der Waals surface area (Å²) in [6, 6.07) is 5.12. The molecule has 3 nitrogen and oxygen atoms in total. The number of hydrogen-bond acceptors (Lipinski definition) is 3. The van der Waals surface area contributed by atoms with Gasteiger partial charge in [-0.1, -0.05) is 31.9 Å². The third-order valence-electron chi connectivity index (χ3n) is 2.06. The van der Waals surface area contributed by atoms with E-state index in [1.54, 1.807) is 32.4 Å². The van der Waals surface area contributed by atoms with Crippen molar-refractivity contribution in [3.8, 4) is 11.5 Å². The molecule has 1 atom stereocenters. The number of hydrogen-bond donors (Lipinski definition) is 0. The quantitative estimate of drug-likeness (QED) is 0.604. The van der Waals surface area contributed by atoms with Crippen LogP contribution in [0.15, 0.2) is 18.2 Å². The Bertz CT molecular complexity index is 357. The van der Waals surface area contributed by atoms with Crippen LogP contribution in [0.3, 0.4) is 0 Å². The Hall–Kier alpha value is -0.550. The van der Waals surface area contributed by atoms with Crippen molar-refractivity contribution in [2.75, 3.05) is 19.5 Å². The fourth-order valence-corrected chi connectivity index (χ4v) is 1.76. The molecule has 1 rings (SSSR count). The van der Waals surface area contributed by atoms with Crippen molar-refractivity contribution in [2.24, 2.45) is 0 Å². The first kappa shape index (κ1) is 13.5. The summed E-state index contributed by atoms with van der Waals surface area (Å²) in [5, 5.41) is 0.561. The van der Waals surface area contributed by atoms with Gasteiger partial charge in [-0.05, 0) is 12.1 Å². The van der Waals surface area contributed by atoms with Gasteiger partial charge in [0.2, 0.25) is 0 Å². The molecule has 0 aliphatic rings. The SMILES string of the molecule is COc1cc(OC)cc(C(=O)C(Br)CBr)c1. The van der Waals surface area contributed by atoms with Gasteiger partial charge in [-0.2, -0.15) is 0 Å². The van der Waals surface area contributed by atoms with Gasteiger partial charge in [-0.15, -0.1) is 0 Å². The van der Waals surface area contributed by atoms with Crippen LogP contribution in [0, 0.1) is 0 Å². The lowest BCUT2D eigenvalue weighted by molar-refractivity contribution is 0.0996. The molecule has 0 saturated heterocycles. The molecule has 1 unspecified atom stereocenters. The van der Waals surface area contributed by atoms with Crippen LogP contribution in [0.1, 0.15) is 10.4 Å². The summed E-state index contributed by atoms with van der Waals surface area (Å²) in [5.74, 6) is 1.21. The summed E-state index contributed by atoms with van der Waals surface area (Å²) in [7, 11) is 3.11. The van der Waals surface area contributed by atoms with Crippen LogP contribution in [0.5, 0.6) is 11.5 Å². The third-order valence-corrected chi connectivity index (χ3v) is 4.31. The zero-order chi connectivity index (χ0) is 12.1. The maximum atomic E-state index is 11.9. The number of ether oxygens (including phenoxy) is 2. The molecule has 0 fully saturated rings. The molecule has 0 heterocycles. The first-order valence-corrected chi connectivity index (χ1v) is 6.63. The van der Waals surface area contributed by atoms with Crippen LogP contribution in [0.2, 0.25) is 0 Å². The van der Waals surface area contributed by atoms with E-state index in [9.17, 15) is 4.79 Å². The second kappa shape index (κ2) is 6.25. The Morgan fingerprint density at radius 2 is 1.75 bits per heavy atom. The molecule has 1 aromatic rings. The largest absolute Gasteiger partial charge is 0.497 e. The highest BCUT2D eigenvalue weighted by Crippen LogP contribution is 2.24. The minimum Gasteiger partial charge on any atom is -0.497 e. The van der Waals surface area contributed by atoms with Gasteiger partial charge in [-0.25, -0.2) is 0 Å². The van der Waals surface area contributed by atoms with E-state index in [-0.39, 0.29) is 10.6 Å². The van der Waals surface area contributed by atoms with Crippen LogP contribution in [-0.2, 0) is 0 Å². The minimum absolute atomic E-state index is 0.00549. The van der Waals surface area contributed by atoms with Crippen molar-refractivity contribution in [1.82, 2.24) is 0 Å². The Labute approximate surface area is 111 Å². The molecule has 0 amide bonds. The second-order valence-corrected chi connectivity index (χ2v) is 4.84. The predicted octanol–water partition coefficient (Wildman–Crippen LogP) is 3.04. The van der Waals surface area contributed by atoms with Crippen LogP contribution in [-0.4, -0.2) is 30.2 Å². The average Bonchev–Trinajstić information content (AvgIpc) is 2.35. The fourth-order valence-electron chi connectivity index (χ4n) is 1.20. The van der Waals surface area contributed by atoms with E-state index in [0.29, 0.717) is 22.4 Å². The predicted molar refractivity (Wildman–Crippen MR) is 70.4 cm³/mol. The fraction of sp³-hybridized carbons (Fsp3) is 0.364. The number of alkyl halides is 2. The van der Waals surface area contributed by atoms with E-state index in [1.807, 2.05) is 0 Å². The van der Waals surface area contributed by atoms with E-state index in [2.05, 4.69) is 31.9 Å². The molecule has 0 aliphatic heterocycles. The lowest BCUT2D eigenvalue weighted by Gasteiger charge is -2.09. The Kier molecular flexibility index (Phi) is 5.28. The molecule has 5 heteroatoms. The second-order valence-electron chi connectivity index (χ2n) is 3.09. The molecule has 0 aliphatic carbocycles. The van der Waals surface area contributed by atoms with E-state index < -0.39 is 0 Å². The van der Waals surface area contributed by atoms with Gasteiger partial charge in [0.15, 0.2) is 5.78 Å². The van der Waals surface area contributed by atoms with Gasteiger partial charge >= 0.3 is 0 Å². The van der Waals surface area contributed by atoms with Crippen molar-refractivity contribution in [3.05, 3.63) is 23.8 Å². The molecular formula is C11H12Br2O3. The number of carbonyl (C=O) groups excluding carboxylic acids is 1. The lowest BCUT2D eigenvalue weighted by Crippen LogP contribution is -2.15. The molecule has 0 N–H and O–H groups in total. The van der Waals surface area contributed by atoms with Gasteiger partial charge in [0.1, 0.15) is 11.5 Å². The number of Topliss-reactive ketones (excluding diaryl/α,β-unsaturated/α-hetero) is 1.